The molecule has 0 saturated heterocycles. The molecule has 88 valence electrons. The van der Waals surface area contributed by atoms with Gasteiger partial charge in [-0.2, -0.15) is 0 Å². The molecule has 0 spiro atoms. The molecule has 6 heteroatoms. The lowest BCUT2D eigenvalue weighted by Crippen LogP contribution is -2.01. The van der Waals surface area contributed by atoms with Gasteiger partial charge in [0.25, 0.3) is 0 Å². The summed E-state index contributed by atoms with van der Waals surface area (Å²) in [5.41, 5.74) is 0.142. The molecule has 1 aromatic carbocycles. The van der Waals surface area contributed by atoms with Gasteiger partial charge in [-0.3, -0.25) is 4.79 Å². The minimum atomic E-state index is -0.441. The Bertz CT molecular complexity index is 566. The average Bonchev–Trinajstić information content (AvgIpc) is 2.63. The van der Waals surface area contributed by atoms with E-state index in [1.807, 2.05) is 0 Å². The number of halogens is 4. The van der Waals surface area contributed by atoms with Gasteiger partial charge < -0.3 is 4.42 Å². The second-order valence-corrected chi connectivity index (χ2v) is 4.80. The summed E-state index contributed by atoms with van der Waals surface area (Å²) in [6.45, 7) is 0. The van der Waals surface area contributed by atoms with Crippen molar-refractivity contribution in [2.24, 2.45) is 0 Å². The van der Waals surface area contributed by atoms with Gasteiger partial charge in [0.1, 0.15) is 0 Å². The van der Waals surface area contributed by atoms with E-state index < -0.39 is 5.78 Å². The van der Waals surface area contributed by atoms with Gasteiger partial charge in [-0.25, -0.2) is 0 Å². The van der Waals surface area contributed by atoms with Gasteiger partial charge in [0, 0.05) is 5.02 Å². The van der Waals surface area contributed by atoms with Crippen molar-refractivity contribution >= 4 is 52.2 Å². The van der Waals surface area contributed by atoms with Crippen LogP contribution in [0.2, 0.25) is 20.3 Å². The number of furan rings is 1. The van der Waals surface area contributed by atoms with E-state index in [2.05, 4.69) is 0 Å². The second-order valence-electron chi connectivity index (χ2n) is 3.18. The van der Waals surface area contributed by atoms with Gasteiger partial charge in [0.2, 0.25) is 5.78 Å². The third kappa shape index (κ3) is 2.61. The van der Waals surface area contributed by atoms with Crippen molar-refractivity contribution in [1.82, 2.24) is 0 Å². The van der Waals surface area contributed by atoms with Crippen molar-refractivity contribution in [2.45, 2.75) is 0 Å². The Kier molecular flexibility index (Phi) is 3.69. The molecule has 17 heavy (non-hydrogen) atoms. The van der Waals surface area contributed by atoms with E-state index in [-0.39, 0.29) is 26.6 Å². The fourth-order valence-corrected chi connectivity index (χ4v) is 2.45. The average molecular weight is 310 g/mol. The fourth-order valence-electron chi connectivity index (χ4n) is 1.32. The number of hydrogen-bond acceptors (Lipinski definition) is 2. The first-order valence-electron chi connectivity index (χ1n) is 4.43. The molecule has 0 bridgehead atoms. The van der Waals surface area contributed by atoms with Crippen LogP contribution in [-0.2, 0) is 0 Å². The number of carbonyl (C=O) groups is 1. The van der Waals surface area contributed by atoms with Crippen LogP contribution < -0.4 is 0 Å². The molecule has 2 aromatic rings. The lowest BCUT2D eigenvalue weighted by atomic mass is 10.1. The molecule has 0 atom stereocenters. The first-order valence-corrected chi connectivity index (χ1v) is 5.95. The van der Waals surface area contributed by atoms with Crippen LogP contribution in [0.1, 0.15) is 16.1 Å². The Morgan fingerprint density at radius 2 is 1.59 bits per heavy atom. The monoisotopic (exact) mass is 308 g/mol. The summed E-state index contributed by atoms with van der Waals surface area (Å²) in [6.07, 6.45) is 0. The molecule has 0 aliphatic carbocycles. The number of hydrogen-bond donors (Lipinski definition) is 0. The lowest BCUT2D eigenvalue weighted by Gasteiger charge is -2.04. The summed E-state index contributed by atoms with van der Waals surface area (Å²) < 4.78 is 5.01. The summed E-state index contributed by atoms with van der Waals surface area (Å²) in [7, 11) is 0. The highest BCUT2D eigenvalue weighted by molar-refractivity contribution is 6.43. The second kappa shape index (κ2) is 4.91. The van der Waals surface area contributed by atoms with Crippen LogP contribution in [0, 0.1) is 0 Å². The molecule has 0 aliphatic heterocycles. The Balaban J connectivity index is 2.51. The van der Waals surface area contributed by atoms with E-state index in [0.29, 0.717) is 5.02 Å². The van der Waals surface area contributed by atoms with E-state index >= 15 is 0 Å². The third-order valence-electron chi connectivity index (χ3n) is 2.03. The molecule has 0 unspecified atom stereocenters. The third-order valence-corrected chi connectivity index (χ3v) is 3.05. The predicted molar refractivity (Wildman–Crippen MR) is 68.6 cm³/mol. The number of benzene rings is 1. The number of rotatable bonds is 2. The van der Waals surface area contributed by atoms with Crippen LogP contribution in [0.4, 0.5) is 0 Å². The van der Waals surface area contributed by atoms with E-state index in [4.69, 9.17) is 50.8 Å². The van der Waals surface area contributed by atoms with Gasteiger partial charge in [-0.1, -0.05) is 34.8 Å². The summed E-state index contributed by atoms with van der Waals surface area (Å²) >= 11 is 23.2. The quantitative estimate of drug-likeness (QED) is 0.720. The Morgan fingerprint density at radius 1 is 1.00 bits per heavy atom. The molecule has 0 radical (unpaired) electrons. The molecule has 0 amide bonds. The summed E-state index contributed by atoms with van der Waals surface area (Å²) in [6, 6.07) is 5.79. The minimum Gasteiger partial charge on any atom is -0.441 e. The molecule has 2 nitrogen and oxygen atoms in total. The van der Waals surface area contributed by atoms with E-state index in [9.17, 15) is 4.79 Å². The van der Waals surface area contributed by atoms with E-state index in [0.717, 1.165) is 0 Å². The van der Waals surface area contributed by atoms with Crippen LogP contribution in [0.3, 0.4) is 0 Å². The van der Waals surface area contributed by atoms with Gasteiger partial charge in [-0.15, -0.1) is 0 Å². The molecule has 0 fully saturated rings. The molecule has 1 aromatic heterocycles. The largest absolute Gasteiger partial charge is 0.441 e. The standard InChI is InChI=1S/C11H4Cl4O2/c12-5-3-6(13)10(7(14)4-5)11(16)8-1-2-9(15)17-8/h1-4H. The van der Waals surface area contributed by atoms with E-state index in [1.165, 1.54) is 24.3 Å². The van der Waals surface area contributed by atoms with Crippen LogP contribution >= 0.6 is 46.4 Å². The van der Waals surface area contributed by atoms with Crippen LogP contribution in [0.25, 0.3) is 0 Å². The van der Waals surface area contributed by atoms with Crippen LogP contribution in [0.15, 0.2) is 28.7 Å². The first kappa shape index (κ1) is 12.8. The maximum absolute atomic E-state index is 12.0. The summed E-state index contributed by atoms with van der Waals surface area (Å²) in [5.74, 6) is -0.371. The maximum atomic E-state index is 12.0. The zero-order chi connectivity index (χ0) is 12.6. The van der Waals surface area contributed by atoms with Gasteiger partial charge in [-0.05, 0) is 35.9 Å². The van der Waals surface area contributed by atoms with Gasteiger partial charge in [0.05, 0.1) is 15.6 Å². The van der Waals surface area contributed by atoms with Crippen LogP contribution in [-0.4, -0.2) is 5.78 Å². The van der Waals surface area contributed by atoms with Crippen molar-refractivity contribution in [3.63, 3.8) is 0 Å². The molecular weight excluding hydrogens is 306 g/mol. The van der Waals surface area contributed by atoms with Crippen LogP contribution in [0.5, 0.6) is 0 Å². The Labute approximate surface area is 117 Å². The summed E-state index contributed by atoms with van der Waals surface area (Å²) in [4.78, 5) is 12.0. The Hall–Kier alpha value is -0.670. The molecule has 0 aliphatic rings. The lowest BCUT2D eigenvalue weighted by molar-refractivity contribution is 0.101. The zero-order valence-electron chi connectivity index (χ0n) is 8.14. The van der Waals surface area contributed by atoms with Crippen molar-refractivity contribution in [3.8, 4) is 0 Å². The highest BCUT2D eigenvalue weighted by atomic mass is 35.5. The van der Waals surface area contributed by atoms with E-state index in [1.54, 1.807) is 0 Å². The molecule has 1 heterocycles. The summed E-state index contributed by atoms with van der Waals surface area (Å²) in [5, 5.41) is 0.809. The number of ketones is 1. The topological polar surface area (TPSA) is 30.2 Å². The normalized spacial score (nSPS) is 10.6. The maximum Gasteiger partial charge on any atom is 0.231 e. The Morgan fingerprint density at radius 3 is 2.06 bits per heavy atom. The first-order chi connectivity index (χ1) is 7.99. The van der Waals surface area contributed by atoms with Crippen molar-refractivity contribution in [2.75, 3.05) is 0 Å². The fraction of sp³-hybridized carbons (Fsp3) is 0. The SMILES string of the molecule is O=C(c1ccc(Cl)o1)c1c(Cl)cc(Cl)cc1Cl. The zero-order valence-corrected chi connectivity index (χ0v) is 11.2. The number of carbonyl (C=O) groups excluding carboxylic acids is 1. The molecule has 0 N–H and O–H groups in total. The smallest absolute Gasteiger partial charge is 0.231 e. The van der Waals surface area contributed by atoms with Crippen molar-refractivity contribution in [1.29, 1.82) is 0 Å². The van der Waals surface area contributed by atoms with Gasteiger partial charge in [0.15, 0.2) is 11.0 Å². The van der Waals surface area contributed by atoms with Gasteiger partial charge >= 0.3 is 0 Å². The predicted octanol–water partition coefficient (Wildman–Crippen LogP) is 5.12. The highest BCUT2D eigenvalue weighted by Gasteiger charge is 2.20. The molecular formula is C11H4Cl4O2. The highest BCUT2D eigenvalue weighted by Crippen LogP contribution is 2.31. The van der Waals surface area contributed by atoms with Crippen molar-refractivity contribution < 1.29 is 9.21 Å². The minimum absolute atomic E-state index is 0.0705. The molecule has 2 rings (SSSR count). The molecule has 0 saturated carbocycles. The van der Waals surface area contributed by atoms with Crippen molar-refractivity contribution in [3.05, 3.63) is 55.9 Å².